The van der Waals surface area contributed by atoms with E-state index in [9.17, 15) is 4.79 Å². The maximum absolute atomic E-state index is 12.5. The van der Waals surface area contributed by atoms with Crippen LogP contribution >= 0.6 is 11.3 Å². The largest absolute Gasteiger partial charge is 0.342 e. The second-order valence-corrected chi connectivity index (χ2v) is 9.28. The van der Waals surface area contributed by atoms with Crippen molar-refractivity contribution >= 4 is 33.4 Å². The van der Waals surface area contributed by atoms with Gasteiger partial charge in [0.25, 0.3) is 0 Å². The van der Waals surface area contributed by atoms with E-state index in [1.807, 2.05) is 18.2 Å². The zero-order valence-corrected chi connectivity index (χ0v) is 17.2. The predicted octanol–water partition coefficient (Wildman–Crippen LogP) is 3.58. The average molecular weight is 411 g/mol. The second kappa shape index (κ2) is 8.20. The summed E-state index contributed by atoms with van der Waals surface area (Å²) >= 11 is 1.53. The molecule has 8 heteroatoms. The highest BCUT2D eigenvalue weighted by atomic mass is 32.1. The van der Waals surface area contributed by atoms with Gasteiger partial charge in [0.15, 0.2) is 0 Å². The highest BCUT2D eigenvalue weighted by molar-refractivity contribution is 7.15. The Balaban J connectivity index is 1.14. The topological polar surface area (TPSA) is 86.8 Å². The molecule has 2 N–H and O–H groups in total. The first-order chi connectivity index (χ1) is 14.2. The van der Waals surface area contributed by atoms with Gasteiger partial charge in [-0.3, -0.25) is 15.0 Å². The van der Waals surface area contributed by atoms with E-state index in [2.05, 4.69) is 31.5 Å². The monoisotopic (exact) mass is 410 g/mol. The molecule has 1 aliphatic heterocycles. The molecule has 0 spiro atoms. The number of piperidine rings is 1. The minimum absolute atomic E-state index is 0.00527. The number of anilines is 1. The van der Waals surface area contributed by atoms with E-state index in [1.165, 1.54) is 37.0 Å². The zero-order valence-electron chi connectivity index (χ0n) is 16.4. The fraction of sp³-hybridized carbons (Fsp3) is 0.524. The van der Waals surface area contributed by atoms with Gasteiger partial charge < -0.3 is 4.98 Å². The summed E-state index contributed by atoms with van der Waals surface area (Å²) in [6.07, 6.45) is 6.88. The molecule has 0 radical (unpaired) electrons. The molecule has 1 aliphatic carbocycles. The maximum atomic E-state index is 12.5. The maximum Gasteiger partial charge on any atom is 0.240 e. The number of imidazole rings is 1. The van der Waals surface area contributed by atoms with Crippen molar-refractivity contribution < 1.29 is 4.79 Å². The fourth-order valence-electron chi connectivity index (χ4n) is 4.30. The Morgan fingerprint density at radius 3 is 2.93 bits per heavy atom. The summed E-state index contributed by atoms with van der Waals surface area (Å²) in [6.45, 7) is 2.30. The van der Waals surface area contributed by atoms with Gasteiger partial charge in [-0.25, -0.2) is 4.98 Å². The number of nitrogens with one attached hydrogen (secondary N) is 2. The Morgan fingerprint density at radius 1 is 1.21 bits per heavy atom. The van der Waals surface area contributed by atoms with E-state index in [0.29, 0.717) is 23.5 Å². The lowest BCUT2D eigenvalue weighted by atomic mass is 9.86. The Hall–Kier alpha value is -2.32. The molecule has 1 aromatic carbocycles. The lowest BCUT2D eigenvalue weighted by Crippen LogP contribution is -2.41. The molecule has 1 amide bonds. The van der Waals surface area contributed by atoms with Gasteiger partial charge in [0, 0.05) is 18.9 Å². The first kappa shape index (κ1) is 18.7. The summed E-state index contributed by atoms with van der Waals surface area (Å²) in [6, 6.07) is 8.14. The van der Waals surface area contributed by atoms with Crippen LogP contribution in [-0.2, 0) is 11.2 Å². The summed E-state index contributed by atoms with van der Waals surface area (Å²) in [5.41, 5.74) is 2.11. The Bertz CT molecular complexity index is 961. The standard InChI is InChI=1S/C21H26N6OS/c28-19(24-21-26-25-20(29-21)15-6-3-7-15)13-27-10-4-5-14(12-27)11-18-22-16-8-1-2-9-17(16)23-18/h1-2,8-9,14-15H,3-7,10-13H2,(H,22,23)(H,24,26,28)/t14-/m0/s1. The summed E-state index contributed by atoms with van der Waals surface area (Å²) in [5, 5.41) is 13.0. The Morgan fingerprint density at radius 2 is 2.10 bits per heavy atom. The third-order valence-corrected chi connectivity index (χ3v) is 7.03. The van der Waals surface area contributed by atoms with Crippen molar-refractivity contribution in [3.05, 3.63) is 35.1 Å². The van der Waals surface area contributed by atoms with Crippen molar-refractivity contribution in [2.24, 2.45) is 5.92 Å². The number of amides is 1. The van der Waals surface area contributed by atoms with Crippen molar-refractivity contribution in [1.82, 2.24) is 25.1 Å². The minimum atomic E-state index is 0.00527. The SMILES string of the molecule is O=C(CN1CCC[C@@H](Cc2nc3ccccc3[nH]2)C1)Nc1nnc(C2CCC2)s1. The van der Waals surface area contributed by atoms with Gasteiger partial charge >= 0.3 is 0 Å². The summed E-state index contributed by atoms with van der Waals surface area (Å²) in [5.74, 6) is 2.12. The van der Waals surface area contributed by atoms with Crippen LogP contribution in [0.4, 0.5) is 5.13 Å². The molecule has 0 bridgehead atoms. The third kappa shape index (κ3) is 4.33. The number of carbonyl (C=O) groups is 1. The van der Waals surface area contributed by atoms with Crippen molar-refractivity contribution in [3.8, 4) is 0 Å². The molecule has 1 saturated carbocycles. The van der Waals surface area contributed by atoms with Crippen molar-refractivity contribution in [3.63, 3.8) is 0 Å². The van der Waals surface area contributed by atoms with Crippen LogP contribution in [0.15, 0.2) is 24.3 Å². The van der Waals surface area contributed by atoms with E-state index < -0.39 is 0 Å². The van der Waals surface area contributed by atoms with Gasteiger partial charge in [0.05, 0.1) is 17.6 Å². The van der Waals surface area contributed by atoms with E-state index in [1.54, 1.807) is 0 Å². The number of rotatable bonds is 6. The molecule has 3 aromatic rings. The highest BCUT2D eigenvalue weighted by Gasteiger charge is 2.25. The summed E-state index contributed by atoms with van der Waals surface area (Å²) in [4.78, 5) is 22.9. The van der Waals surface area contributed by atoms with Crippen molar-refractivity contribution in [2.75, 3.05) is 25.0 Å². The number of benzene rings is 1. The number of carbonyl (C=O) groups excluding carboxylic acids is 1. The van der Waals surface area contributed by atoms with Gasteiger partial charge in [-0.05, 0) is 50.3 Å². The molecule has 3 heterocycles. The number of para-hydroxylation sites is 2. The van der Waals surface area contributed by atoms with Crippen LogP contribution in [0.1, 0.15) is 48.9 Å². The zero-order chi connectivity index (χ0) is 19.6. The molecular weight excluding hydrogens is 384 g/mol. The van der Waals surface area contributed by atoms with E-state index >= 15 is 0 Å². The molecule has 2 aliphatic rings. The quantitative estimate of drug-likeness (QED) is 0.649. The molecule has 0 unspecified atom stereocenters. The van der Waals surface area contributed by atoms with Crippen LogP contribution in [0.25, 0.3) is 11.0 Å². The fourth-order valence-corrected chi connectivity index (χ4v) is 5.23. The molecule has 7 nitrogen and oxygen atoms in total. The number of aromatic amines is 1. The average Bonchev–Trinajstić information content (AvgIpc) is 3.26. The summed E-state index contributed by atoms with van der Waals surface area (Å²) in [7, 11) is 0. The van der Waals surface area contributed by atoms with Crippen molar-refractivity contribution in [1.29, 1.82) is 0 Å². The highest BCUT2D eigenvalue weighted by Crippen LogP contribution is 2.38. The number of H-pyrrole nitrogens is 1. The minimum Gasteiger partial charge on any atom is -0.342 e. The van der Waals surface area contributed by atoms with Crippen LogP contribution in [0.2, 0.25) is 0 Å². The number of nitrogens with zero attached hydrogens (tertiary/aromatic N) is 4. The first-order valence-electron chi connectivity index (χ1n) is 10.5. The number of hydrogen-bond acceptors (Lipinski definition) is 6. The number of aromatic nitrogens is 4. The number of fused-ring (bicyclic) bond motifs is 1. The molecule has 1 saturated heterocycles. The van der Waals surface area contributed by atoms with Gasteiger partial charge in [0.1, 0.15) is 10.8 Å². The smallest absolute Gasteiger partial charge is 0.240 e. The molecule has 1 atom stereocenters. The van der Waals surface area contributed by atoms with E-state index in [4.69, 9.17) is 4.98 Å². The molecular formula is C21H26N6OS. The van der Waals surface area contributed by atoms with Gasteiger partial charge in [-0.15, -0.1) is 10.2 Å². The Labute approximate surface area is 173 Å². The normalized spacial score (nSPS) is 20.6. The van der Waals surface area contributed by atoms with Crippen LogP contribution < -0.4 is 5.32 Å². The first-order valence-corrected chi connectivity index (χ1v) is 11.3. The molecule has 5 rings (SSSR count). The van der Waals surface area contributed by atoms with E-state index in [0.717, 1.165) is 47.8 Å². The second-order valence-electron chi connectivity index (χ2n) is 8.27. The van der Waals surface area contributed by atoms with Crippen LogP contribution in [0.3, 0.4) is 0 Å². The van der Waals surface area contributed by atoms with Gasteiger partial charge in [-0.1, -0.05) is 29.9 Å². The lowest BCUT2D eigenvalue weighted by molar-refractivity contribution is -0.117. The van der Waals surface area contributed by atoms with Crippen LogP contribution in [0.5, 0.6) is 0 Å². The molecule has 2 fully saturated rings. The lowest BCUT2D eigenvalue weighted by Gasteiger charge is -2.31. The Kier molecular flexibility index (Phi) is 5.28. The van der Waals surface area contributed by atoms with Crippen molar-refractivity contribution in [2.45, 2.75) is 44.4 Å². The van der Waals surface area contributed by atoms with E-state index in [-0.39, 0.29) is 5.91 Å². The molecule has 152 valence electrons. The van der Waals surface area contributed by atoms with Gasteiger partial charge in [0.2, 0.25) is 11.0 Å². The summed E-state index contributed by atoms with van der Waals surface area (Å²) < 4.78 is 0. The predicted molar refractivity (Wildman–Crippen MR) is 114 cm³/mol. The molecule has 29 heavy (non-hydrogen) atoms. The van der Waals surface area contributed by atoms with Crippen LogP contribution in [0, 0.1) is 5.92 Å². The number of likely N-dealkylation sites (tertiary alicyclic amines) is 1. The number of hydrogen-bond donors (Lipinski definition) is 2. The van der Waals surface area contributed by atoms with Crippen LogP contribution in [-0.4, -0.2) is 50.6 Å². The third-order valence-electron chi connectivity index (χ3n) is 6.03. The van der Waals surface area contributed by atoms with Gasteiger partial charge in [-0.2, -0.15) is 0 Å². The molecule has 2 aromatic heterocycles.